The summed E-state index contributed by atoms with van der Waals surface area (Å²) < 4.78 is 40.0. The van der Waals surface area contributed by atoms with Crippen LogP contribution in [0.25, 0.3) is 0 Å². The normalized spacial score (nSPS) is 9.78. The van der Waals surface area contributed by atoms with Crippen molar-refractivity contribution in [2.45, 2.75) is 13.8 Å². The van der Waals surface area contributed by atoms with Crippen LogP contribution in [0, 0.1) is 0 Å². The molecule has 0 aliphatic carbocycles. The molecule has 0 bridgehead atoms. The van der Waals surface area contributed by atoms with Gasteiger partial charge >= 0.3 is 10.4 Å². The van der Waals surface area contributed by atoms with Gasteiger partial charge in [0.15, 0.2) is 0 Å². The predicted octanol–water partition coefficient (Wildman–Crippen LogP) is 0.759. The van der Waals surface area contributed by atoms with E-state index in [0.29, 0.717) is 0 Å². The van der Waals surface area contributed by atoms with Crippen LogP contribution in [0.3, 0.4) is 0 Å². The van der Waals surface area contributed by atoms with Crippen LogP contribution in [0.15, 0.2) is 0 Å². The van der Waals surface area contributed by atoms with Crippen LogP contribution < -0.4 is 0 Å². The van der Waals surface area contributed by atoms with Crippen molar-refractivity contribution in [1.82, 2.24) is 0 Å². The molecule has 0 radical (unpaired) electrons. The Morgan fingerprint density at radius 2 is 1.89 bits per heavy atom. The Bertz CT molecular complexity index is 129. The van der Waals surface area contributed by atoms with Gasteiger partial charge in [-0.3, -0.25) is 4.55 Å². The minimum absolute atomic E-state index is 1.53. The Morgan fingerprint density at radius 3 is 1.89 bits per heavy atom. The molecule has 0 amide bonds. The van der Waals surface area contributed by atoms with Gasteiger partial charge in [0.1, 0.15) is 0 Å². The maximum atomic E-state index is 10.7. The van der Waals surface area contributed by atoms with E-state index in [1.807, 2.05) is 13.8 Å². The van der Waals surface area contributed by atoms with Crippen LogP contribution in [0.5, 0.6) is 0 Å². The fourth-order valence-electron chi connectivity index (χ4n) is 0.0563. The molecule has 0 atom stereocenters. The molecule has 0 aromatic heterocycles. The predicted molar refractivity (Wildman–Crippen MR) is 30.0 cm³/mol. The second-order valence-electron chi connectivity index (χ2n) is 0.655. The Kier molecular flexibility index (Phi) is 7.63. The molecule has 0 fully saturated rings. The molecule has 58 valence electrons. The molecule has 0 saturated heterocycles. The number of halogens is 1. The molecule has 9 heavy (non-hydrogen) atoms. The first-order valence-electron chi connectivity index (χ1n) is 2.24. The minimum Gasteiger partial charge on any atom is -0.263 e. The zero-order valence-corrected chi connectivity index (χ0v) is 5.98. The van der Waals surface area contributed by atoms with E-state index in [4.69, 9.17) is 4.55 Å². The molecule has 0 rings (SSSR count). The third-order valence-corrected chi connectivity index (χ3v) is 0.580. The standard InChI is InChI=1S/C2H6.CH3FO4S/c1-2;2-1-6-7(3,4)5/h1-2H3;1H2,(H,3,4,5). The highest BCUT2D eigenvalue weighted by molar-refractivity contribution is 7.80. The van der Waals surface area contributed by atoms with E-state index in [1.54, 1.807) is 0 Å². The molecule has 1 N–H and O–H groups in total. The first-order valence-corrected chi connectivity index (χ1v) is 3.60. The topological polar surface area (TPSA) is 63.6 Å². The summed E-state index contributed by atoms with van der Waals surface area (Å²) in [6, 6.07) is 0. The summed E-state index contributed by atoms with van der Waals surface area (Å²) in [5.41, 5.74) is 0. The molecule has 0 unspecified atom stereocenters. The van der Waals surface area contributed by atoms with Gasteiger partial charge in [0.05, 0.1) is 0 Å². The van der Waals surface area contributed by atoms with Gasteiger partial charge in [-0.05, 0) is 0 Å². The quantitative estimate of drug-likeness (QED) is 0.605. The molecule has 0 aliphatic heterocycles. The fraction of sp³-hybridized carbons (Fsp3) is 1.00. The van der Waals surface area contributed by atoms with Gasteiger partial charge in [0.2, 0.25) is 6.86 Å². The van der Waals surface area contributed by atoms with Crippen LogP contribution in [-0.2, 0) is 14.6 Å². The summed E-state index contributed by atoms with van der Waals surface area (Å²) in [4.78, 5) is 0. The Hall–Kier alpha value is -0.200. The van der Waals surface area contributed by atoms with Crippen molar-refractivity contribution in [3.8, 4) is 0 Å². The lowest BCUT2D eigenvalue weighted by molar-refractivity contribution is 0.175. The van der Waals surface area contributed by atoms with Crippen LogP contribution in [0.1, 0.15) is 13.8 Å². The van der Waals surface area contributed by atoms with Crippen molar-refractivity contribution < 1.29 is 21.5 Å². The summed E-state index contributed by atoms with van der Waals surface area (Å²) in [5.74, 6) is 0. The first-order chi connectivity index (χ1) is 4.06. The molecule has 4 nitrogen and oxygen atoms in total. The summed E-state index contributed by atoms with van der Waals surface area (Å²) in [5, 5.41) is 0. The zero-order valence-electron chi connectivity index (χ0n) is 5.17. The number of alkyl halides is 1. The van der Waals surface area contributed by atoms with E-state index in [0.717, 1.165) is 0 Å². The van der Waals surface area contributed by atoms with E-state index >= 15 is 0 Å². The van der Waals surface area contributed by atoms with Gasteiger partial charge in [-0.15, -0.1) is 0 Å². The number of rotatable bonds is 2. The van der Waals surface area contributed by atoms with Crippen LogP contribution in [0.4, 0.5) is 4.39 Å². The largest absolute Gasteiger partial charge is 0.399 e. The van der Waals surface area contributed by atoms with Crippen LogP contribution in [0.2, 0.25) is 0 Å². The summed E-state index contributed by atoms with van der Waals surface area (Å²) >= 11 is 0. The lowest BCUT2D eigenvalue weighted by atomic mass is 11.0. The van der Waals surface area contributed by atoms with Crippen molar-refractivity contribution in [3.63, 3.8) is 0 Å². The van der Waals surface area contributed by atoms with Crippen molar-refractivity contribution in [1.29, 1.82) is 0 Å². The molecule has 0 heterocycles. The Balaban J connectivity index is 0. The summed E-state index contributed by atoms with van der Waals surface area (Å²) in [6.07, 6.45) is 0. The minimum atomic E-state index is -4.55. The molecule has 0 aliphatic rings. The van der Waals surface area contributed by atoms with Crippen molar-refractivity contribution >= 4 is 10.4 Å². The molecule has 0 aromatic carbocycles. The van der Waals surface area contributed by atoms with Gasteiger partial charge in [-0.2, -0.15) is 8.42 Å². The van der Waals surface area contributed by atoms with Crippen molar-refractivity contribution in [2.75, 3.05) is 6.86 Å². The zero-order chi connectivity index (χ0) is 7.91. The molecular weight excluding hydrogens is 151 g/mol. The van der Waals surface area contributed by atoms with Crippen molar-refractivity contribution in [2.24, 2.45) is 0 Å². The van der Waals surface area contributed by atoms with E-state index in [9.17, 15) is 12.8 Å². The highest BCUT2D eigenvalue weighted by Gasteiger charge is 1.99. The summed E-state index contributed by atoms with van der Waals surface area (Å²) in [6.45, 7) is 2.47. The van der Waals surface area contributed by atoms with E-state index in [-0.39, 0.29) is 0 Å². The number of hydrogen-bond donors (Lipinski definition) is 1. The third-order valence-electron chi connectivity index (χ3n) is 0.193. The highest BCUT2D eigenvalue weighted by Crippen LogP contribution is 1.82. The van der Waals surface area contributed by atoms with Gasteiger partial charge in [0, 0.05) is 0 Å². The molecule has 0 aromatic rings. The van der Waals surface area contributed by atoms with Gasteiger partial charge in [0.25, 0.3) is 0 Å². The maximum Gasteiger partial charge on any atom is 0.399 e. The summed E-state index contributed by atoms with van der Waals surface area (Å²) in [7, 11) is -4.55. The van der Waals surface area contributed by atoms with E-state index < -0.39 is 17.3 Å². The van der Waals surface area contributed by atoms with Gasteiger partial charge < -0.3 is 0 Å². The van der Waals surface area contributed by atoms with Crippen LogP contribution in [-0.4, -0.2) is 19.8 Å². The molecule has 0 saturated carbocycles. The SMILES string of the molecule is CC.O=S(=O)(O)OCF. The first kappa shape index (κ1) is 11.6. The maximum absolute atomic E-state index is 10.7. The number of hydrogen-bond acceptors (Lipinski definition) is 3. The fourth-order valence-corrected chi connectivity index (χ4v) is 0.169. The van der Waals surface area contributed by atoms with E-state index in [1.165, 1.54) is 0 Å². The molecule has 0 spiro atoms. The van der Waals surface area contributed by atoms with Crippen molar-refractivity contribution in [3.05, 3.63) is 0 Å². The Labute approximate surface area is 53.6 Å². The highest BCUT2D eigenvalue weighted by atomic mass is 32.3. The van der Waals surface area contributed by atoms with E-state index in [2.05, 4.69) is 4.18 Å². The second kappa shape index (κ2) is 5.93. The van der Waals surface area contributed by atoms with Gasteiger partial charge in [-0.25, -0.2) is 8.57 Å². The lowest BCUT2D eigenvalue weighted by Gasteiger charge is -1.86. The lowest BCUT2D eigenvalue weighted by Crippen LogP contribution is -2.00. The Morgan fingerprint density at radius 1 is 1.56 bits per heavy atom. The second-order valence-corrected chi connectivity index (χ2v) is 1.75. The third kappa shape index (κ3) is 18.2. The smallest absolute Gasteiger partial charge is 0.263 e. The monoisotopic (exact) mass is 160 g/mol. The van der Waals surface area contributed by atoms with Gasteiger partial charge in [-0.1, -0.05) is 13.8 Å². The molecular formula is C3H9FO4S. The molecule has 6 heteroatoms. The average Bonchev–Trinajstić information content (AvgIpc) is 1.69. The average molecular weight is 160 g/mol. The van der Waals surface area contributed by atoms with Crippen LogP contribution >= 0.6 is 0 Å².